The molecular formula is C17H20N4O2. The Labute approximate surface area is 134 Å². The Balaban J connectivity index is 2.22. The normalized spacial score (nSPS) is 11.0. The summed E-state index contributed by atoms with van der Waals surface area (Å²) in [6, 6.07) is 7.74. The number of aromatic amines is 1. The lowest BCUT2D eigenvalue weighted by atomic mass is 10.2. The average Bonchev–Trinajstić information content (AvgIpc) is 2.94. The van der Waals surface area contributed by atoms with Gasteiger partial charge in [0.05, 0.1) is 18.6 Å². The first-order valence-electron chi connectivity index (χ1n) is 7.93. The van der Waals surface area contributed by atoms with Crippen molar-refractivity contribution in [1.82, 2.24) is 19.7 Å². The zero-order chi connectivity index (χ0) is 16.2. The van der Waals surface area contributed by atoms with E-state index in [1.807, 2.05) is 24.3 Å². The van der Waals surface area contributed by atoms with Gasteiger partial charge in [-0.15, -0.1) is 0 Å². The number of rotatable bonds is 6. The van der Waals surface area contributed by atoms with Gasteiger partial charge in [0, 0.05) is 0 Å². The first kappa shape index (κ1) is 15.3. The second-order valence-corrected chi connectivity index (χ2v) is 5.35. The summed E-state index contributed by atoms with van der Waals surface area (Å²) >= 11 is 0. The van der Waals surface area contributed by atoms with Crippen molar-refractivity contribution in [2.75, 3.05) is 6.61 Å². The Bertz CT molecular complexity index is 866. The number of nitrogens with zero attached hydrogens (tertiary/aromatic N) is 3. The molecule has 0 saturated carbocycles. The predicted octanol–water partition coefficient (Wildman–Crippen LogP) is 2.85. The molecule has 1 N–H and O–H groups in total. The number of H-pyrrole nitrogens is 1. The average molecular weight is 312 g/mol. The minimum absolute atomic E-state index is 0.224. The third-order valence-corrected chi connectivity index (χ3v) is 3.60. The van der Waals surface area contributed by atoms with Crippen LogP contribution in [-0.2, 0) is 6.42 Å². The van der Waals surface area contributed by atoms with Gasteiger partial charge in [0.15, 0.2) is 5.52 Å². The summed E-state index contributed by atoms with van der Waals surface area (Å²) in [6.07, 6.45) is 4.08. The molecular weight excluding hydrogens is 292 g/mol. The number of ether oxygens (including phenoxy) is 1. The number of aryl methyl sites for hydroxylation is 1. The van der Waals surface area contributed by atoms with Crippen LogP contribution in [0.2, 0.25) is 0 Å². The minimum atomic E-state index is -0.224. The van der Waals surface area contributed by atoms with Gasteiger partial charge in [-0.1, -0.05) is 32.4 Å². The third-order valence-electron chi connectivity index (χ3n) is 3.60. The van der Waals surface area contributed by atoms with Crippen LogP contribution in [0.25, 0.3) is 16.7 Å². The van der Waals surface area contributed by atoms with E-state index in [4.69, 9.17) is 4.74 Å². The molecule has 0 aliphatic rings. The van der Waals surface area contributed by atoms with Crippen molar-refractivity contribution < 1.29 is 4.74 Å². The van der Waals surface area contributed by atoms with Crippen LogP contribution in [0.5, 0.6) is 5.75 Å². The maximum absolute atomic E-state index is 12.0. The van der Waals surface area contributed by atoms with Crippen molar-refractivity contribution in [3.63, 3.8) is 0 Å². The number of hydrogen-bond acceptors (Lipinski definition) is 4. The molecule has 3 aromatic rings. The van der Waals surface area contributed by atoms with Crippen molar-refractivity contribution in [3.05, 3.63) is 46.6 Å². The van der Waals surface area contributed by atoms with Gasteiger partial charge in [-0.2, -0.15) is 5.10 Å². The molecule has 0 aliphatic heterocycles. The van der Waals surface area contributed by atoms with Crippen molar-refractivity contribution in [2.24, 2.45) is 0 Å². The summed E-state index contributed by atoms with van der Waals surface area (Å²) in [5.74, 6) is 0.760. The van der Waals surface area contributed by atoms with Crippen LogP contribution in [0.3, 0.4) is 0 Å². The molecule has 1 aromatic carbocycles. The maximum Gasteiger partial charge on any atom is 0.279 e. The van der Waals surface area contributed by atoms with Crippen LogP contribution < -0.4 is 10.3 Å². The van der Waals surface area contributed by atoms with Gasteiger partial charge in [0.2, 0.25) is 0 Å². The van der Waals surface area contributed by atoms with Gasteiger partial charge < -0.3 is 9.72 Å². The van der Waals surface area contributed by atoms with Crippen LogP contribution in [0.15, 0.2) is 35.4 Å². The summed E-state index contributed by atoms with van der Waals surface area (Å²) in [5, 5.41) is 4.50. The molecule has 0 saturated heterocycles. The number of nitrogens with one attached hydrogen (secondary N) is 1. The molecule has 0 atom stereocenters. The van der Waals surface area contributed by atoms with E-state index in [0.717, 1.165) is 36.4 Å². The topological polar surface area (TPSA) is 72.8 Å². The molecule has 6 nitrogen and oxygen atoms in total. The standard InChI is InChI=1S/C17H20N4O2/c1-3-7-13-15-16(17(22)19-11-18-15)20-21(13)12-8-5-6-9-14(12)23-10-4-2/h5-6,8-9,11H,3-4,7,10H2,1-2H3,(H,18,19,22). The highest BCUT2D eigenvalue weighted by atomic mass is 16.5. The van der Waals surface area contributed by atoms with E-state index < -0.39 is 0 Å². The van der Waals surface area contributed by atoms with Gasteiger partial charge in [0.25, 0.3) is 5.56 Å². The second-order valence-electron chi connectivity index (χ2n) is 5.35. The van der Waals surface area contributed by atoms with Crippen LogP contribution in [-0.4, -0.2) is 26.4 Å². The van der Waals surface area contributed by atoms with E-state index in [-0.39, 0.29) is 5.56 Å². The minimum Gasteiger partial charge on any atom is -0.491 e. The summed E-state index contributed by atoms with van der Waals surface area (Å²) < 4.78 is 7.63. The molecule has 0 spiro atoms. The summed E-state index contributed by atoms with van der Waals surface area (Å²) in [7, 11) is 0. The van der Waals surface area contributed by atoms with Crippen LogP contribution >= 0.6 is 0 Å². The van der Waals surface area contributed by atoms with E-state index in [9.17, 15) is 4.79 Å². The quantitative estimate of drug-likeness (QED) is 0.759. The van der Waals surface area contributed by atoms with Crippen LogP contribution in [0, 0.1) is 0 Å². The van der Waals surface area contributed by atoms with Gasteiger partial charge in [0.1, 0.15) is 17.0 Å². The molecule has 0 amide bonds. The molecule has 0 aliphatic carbocycles. The third kappa shape index (κ3) is 2.84. The van der Waals surface area contributed by atoms with Crippen molar-refractivity contribution in [1.29, 1.82) is 0 Å². The number of aromatic nitrogens is 4. The van der Waals surface area contributed by atoms with E-state index >= 15 is 0 Å². The molecule has 120 valence electrons. The van der Waals surface area contributed by atoms with Crippen LogP contribution in [0.1, 0.15) is 32.4 Å². The van der Waals surface area contributed by atoms with Crippen LogP contribution in [0.4, 0.5) is 0 Å². The molecule has 2 heterocycles. The van der Waals surface area contributed by atoms with Gasteiger partial charge in [-0.3, -0.25) is 4.79 Å². The van der Waals surface area contributed by atoms with E-state index in [2.05, 4.69) is 28.9 Å². The van der Waals surface area contributed by atoms with Gasteiger partial charge in [-0.05, 0) is 25.0 Å². The zero-order valence-corrected chi connectivity index (χ0v) is 13.4. The molecule has 6 heteroatoms. The lowest BCUT2D eigenvalue weighted by molar-refractivity contribution is 0.315. The highest BCUT2D eigenvalue weighted by Gasteiger charge is 2.17. The van der Waals surface area contributed by atoms with Gasteiger partial charge in [-0.25, -0.2) is 9.67 Å². The monoisotopic (exact) mass is 312 g/mol. The van der Waals surface area contributed by atoms with Crippen molar-refractivity contribution >= 4 is 11.0 Å². The second kappa shape index (κ2) is 6.64. The van der Waals surface area contributed by atoms with Crippen molar-refractivity contribution in [3.8, 4) is 11.4 Å². The Hall–Kier alpha value is -2.63. The lowest BCUT2D eigenvalue weighted by Crippen LogP contribution is -2.07. The Morgan fingerprint density at radius 3 is 2.78 bits per heavy atom. The molecule has 0 unspecified atom stereocenters. The molecule has 0 fully saturated rings. The fraction of sp³-hybridized carbons (Fsp3) is 0.353. The predicted molar refractivity (Wildman–Crippen MR) is 89.3 cm³/mol. The summed E-state index contributed by atoms with van der Waals surface area (Å²) in [5.41, 5.74) is 2.56. The van der Waals surface area contributed by atoms with E-state index in [1.165, 1.54) is 6.33 Å². The largest absolute Gasteiger partial charge is 0.491 e. The summed E-state index contributed by atoms with van der Waals surface area (Å²) in [6.45, 7) is 4.80. The zero-order valence-electron chi connectivity index (χ0n) is 13.4. The maximum atomic E-state index is 12.0. The Morgan fingerprint density at radius 2 is 2.00 bits per heavy atom. The lowest BCUT2D eigenvalue weighted by Gasteiger charge is -2.12. The molecule has 0 bridgehead atoms. The van der Waals surface area contributed by atoms with Gasteiger partial charge >= 0.3 is 0 Å². The molecule has 3 rings (SSSR count). The Kier molecular flexibility index (Phi) is 4.41. The summed E-state index contributed by atoms with van der Waals surface area (Å²) in [4.78, 5) is 18.9. The van der Waals surface area contributed by atoms with Crippen molar-refractivity contribution in [2.45, 2.75) is 33.1 Å². The highest BCUT2D eigenvalue weighted by molar-refractivity contribution is 5.77. The number of para-hydroxylation sites is 2. The number of hydrogen-bond donors (Lipinski definition) is 1. The smallest absolute Gasteiger partial charge is 0.279 e. The fourth-order valence-electron chi connectivity index (χ4n) is 2.58. The van der Waals surface area contributed by atoms with E-state index in [0.29, 0.717) is 17.6 Å². The molecule has 0 radical (unpaired) electrons. The van der Waals surface area contributed by atoms with E-state index in [1.54, 1.807) is 4.68 Å². The fourth-order valence-corrected chi connectivity index (χ4v) is 2.58. The first-order valence-corrected chi connectivity index (χ1v) is 7.93. The number of fused-ring (bicyclic) bond motifs is 1. The highest BCUT2D eigenvalue weighted by Crippen LogP contribution is 2.26. The Morgan fingerprint density at radius 1 is 1.17 bits per heavy atom. The number of benzene rings is 1. The molecule has 23 heavy (non-hydrogen) atoms. The SMILES string of the molecule is CCCOc1ccccc1-n1nc2c(=O)[nH]cnc2c1CCC. The first-order chi connectivity index (χ1) is 11.3. The molecule has 2 aromatic heterocycles.